The van der Waals surface area contributed by atoms with Gasteiger partial charge >= 0.3 is 0 Å². The Morgan fingerprint density at radius 2 is 1.89 bits per heavy atom. The third-order valence-electron chi connectivity index (χ3n) is 2.91. The molecule has 8 heteroatoms. The number of nitrogens with two attached hydrogens (primary N) is 3. The van der Waals surface area contributed by atoms with Crippen LogP contribution in [0.4, 0.5) is 10.7 Å². The number of carbonyl (C=O) groups excluding carboxylic acids is 2. The molecule has 6 N–H and O–H groups in total. The molecule has 0 radical (unpaired) electrons. The Morgan fingerprint density at radius 3 is 2.53 bits per heavy atom. The molecule has 2 amide bonds. The van der Waals surface area contributed by atoms with Crippen LogP contribution in [-0.4, -0.2) is 38.1 Å². The average Bonchev–Trinajstić information content (AvgIpc) is 2.53. The van der Waals surface area contributed by atoms with Crippen LogP contribution in [0.5, 0.6) is 0 Å². The van der Waals surface area contributed by atoms with Crippen molar-refractivity contribution in [3.8, 4) is 0 Å². The average molecular weight is 284 g/mol. The number of thiophene rings is 1. The number of carbonyl (C=O) groups is 2. The van der Waals surface area contributed by atoms with Crippen molar-refractivity contribution in [2.45, 2.75) is 6.42 Å². The molecule has 1 aromatic heterocycles. The fourth-order valence-electron chi connectivity index (χ4n) is 2.02. The minimum atomic E-state index is -0.651. The van der Waals surface area contributed by atoms with Crippen LogP contribution in [-0.2, 0) is 4.74 Å². The highest BCUT2D eigenvalue weighted by molar-refractivity contribution is 7.19. The number of rotatable bonds is 3. The molecule has 1 fully saturated rings. The van der Waals surface area contributed by atoms with Crippen molar-refractivity contribution in [3.63, 3.8) is 0 Å². The zero-order valence-corrected chi connectivity index (χ0v) is 11.2. The minimum Gasteiger partial charge on any atom is -0.397 e. The molecule has 1 aromatic rings. The summed E-state index contributed by atoms with van der Waals surface area (Å²) in [5.74, 6) is -1.30. The molecule has 0 saturated carbocycles. The third-order valence-corrected chi connectivity index (χ3v) is 4.19. The Bertz CT molecular complexity index is 506. The van der Waals surface area contributed by atoms with E-state index in [9.17, 15) is 9.59 Å². The van der Waals surface area contributed by atoms with Gasteiger partial charge in [-0.2, -0.15) is 0 Å². The molecule has 0 unspecified atom stereocenters. The van der Waals surface area contributed by atoms with Crippen LogP contribution in [0.3, 0.4) is 0 Å². The van der Waals surface area contributed by atoms with Gasteiger partial charge < -0.3 is 26.8 Å². The monoisotopic (exact) mass is 284 g/mol. The van der Waals surface area contributed by atoms with Crippen molar-refractivity contribution in [3.05, 3.63) is 10.4 Å². The highest BCUT2D eigenvalue weighted by Gasteiger charge is 2.26. The van der Waals surface area contributed by atoms with E-state index in [1.807, 2.05) is 4.90 Å². The SMILES string of the molecule is NC(=O)c1sc(N2CCCOCC2)c(C(N)=O)c1N. The van der Waals surface area contributed by atoms with Crippen LogP contribution in [0.15, 0.2) is 0 Å². The van der Waals surface area contributed by atoms with Crippen molar-refractivity contribution in [1.29, 1.82) is 0 Å². The summed E-state index contributed by atoms with van der Waals surface area (Å²) in [6.07, 6.45) is 0.835. The lowest BCUT2D eigenvalue weighted by molar-refractivity contribution is 0.0999. The first kappa shape index (κ1) is 13.6. The van der Waals surface area contributed by atoms with Crippen LogP contribution in [0.2, 0.25) is 0 Å². The highest BCUT2D eigenvalue weighted by atomic mass is 32.1. The molecule has 7 nitrogen and oxygen atoms in total. The van der Waals surface area contributed by atoms with Crippen molar-refractivity contribution < 1.29 is 14.3 Å². The summed E-state index contributed by atoms with van der Waals surface area (Å²) in [7, 11) is 0. The second kappa shape index (κ2) is 5.45. The molecule has 0 bridgehead atoms. The number of amides is 2. The maximum atomic E-state index is 11.5. The van der Waals surface area contributed by atoms with Gasteiger partial charge in [0.1, 0.15) is 9.88 Å². The van der Waals surface area contributed by atoms with Gasteiger partial charge in [-0.25, -0.2) is 0 Å². The highest BCUT2D eigenvalue weighted by Crippen LogP contribution is 2.38. The summed E-state index contributed by atoms with van der Waals surface area (Å²) in [5.41, 5.74) is 16.7. The Labute approximate surface area is 114 Å². The van der Waals surface area contributed by atoms with Crippen molar-refractivity contribution in [2.75, 3.05) is 36.9 Å². The fraction of sp³-hybridized carbons (Fsp3) is 0.455. The van der Waals surface area contributed by atoms with Crippen molar-refractivity contribution in [1.82, 2.24) is 0 Å². The predicted octanol–water partition coefficient (Wildman–Crippen LogP) is -0.245. The molecule has 1 aliphatic rings. The standard InChI is InChI=1S/C11H16N4O3S/c12-7-6(9(13)16)11(19-8(7)10(14)17)15-2-1-4-18-5-3-15/h1-5,12H2,(H2,13,16)(H2,14,17). The Hall–Kier alpha value is -1.80. The number of ether oxygens (including phenoxy) is 1. The topological polar surface area (TPSA) is 125 Å². The van der Waals surface area contributed by atoms with Gasteiger partial charge in [0.25, 0.3) is 11.8 Å². The predicted molar refractivity (Wildman–Crippen MR) is 73.4 cm³/mol. The van der Waals surface area contributed by atoms with Gasteiger partial charge in [-0.15, -0.1) is 11.3 Å². The minimum absolute atomic E-state index is 0.0742. The maximum absolute atomic E-state index is 11.5. The van der Waals surface area contributed by atoms with Crippen molar-refractivity contribution >= 4 is 33.8 Å². The molecule has 0 aromatic carbocycles. The molecule has 1 saturated heterocycles. The van der Waals surface area contributed by atoms with E-state index in [1.165, 1.54) is 0 Å². The summed E-state index contributed by atoms with van der Waals surface area (Å²) in [4.78, 5) is 25.0. The van der Waals surface area contributed by atoms with E-state index >= 15 is 0 Å². The lowest BCUT2D eigenvalue weighted by Gasteiger charge is -2.20. The number of hydrogen-bond donors (Lipinski definition) is 3. The van der Waals surface area contributed by atoms with Gasteiger partial charge in [0.2, 0.25) is 0 Å². The fourth-order valence-corrected chi connectivity index (χ4v) is 3.15. The summed E-state index contributed by atoms with van der Waals surface area (Å²) in [5, 5.41) is 0.601. The first-order valence-corrected chi connectivity index (χ1v) is 6.68. The molecular formula is C11H16N4O3S. The molecule has 1 aliphatic heterocycles. The van der Waals surface area contributed by atoms with Crippen LogP contribution in [0, 0.1) is 0 Å². The number of anilines is 2. The quantitative estimate of drug-likeness (QED) is 0.706. The molecule has 2 rings (SSSR count). The summed E-state index contributed by atoms with van der Waals surface area (Å²) in [6, 6.07) is 0. The largest absolute Gasteiger partial charge is 0.397 e. The molecule has 2 heterocycles. The second-order valence-electron chi connectivity index (χ2n) is 4.21. The summed E-state index contributed by atoms with van der Waals surface area (Å²) in [6.45, 7) is 2.57. The number of nitrogens with zero attached hydrogens (tertiary/aromatic N) is 1. The van der Waals surface area contributed by atoms with Gasteiger partial charge in [-0.05, 0) is 6.42 Å². The Kier molecular flexibility index (Phi) is 3.91. The van der Waals surface area contributed by atoms with Gasteiger partial charge in [-0.1, -0.05) is 0 Å². The van der Waals surface area contributed by atoms with Crippen LogP contribution in [0.25, 0.3) is 0 Å². The van der Waals surface area contributed by atoms with E-state index in [4.69, 9.17) is 21.9 Å². The molecule has 0 atom stereocenters. The van der Waals surface area contributed by atoms with E-state index in [0.717, 1.165) is 24.3 Å². The third kappa shape index (κ3) is 2.64. The molecule has 19 heavy (non-hydrogen) atoms. The number of hydrogen-bond acceptors (Lipinski definition) is 6. The first-order valence-electron chi connectivity index (χ1n) is 5.87. The lowest BCUT2D eigenvalue weighted by atomic mass is 10.2. The van der Waals surface area contributed by atoms with Gasteiger partial charge in [0, 0.05) is 19.7 Å². The van der Waals surface area contributed by atoms with Gasteiger partial charge in [0.05, 0.1) is 17.9 Å². The smallest absolute Gasteiger partial charge is 0.260 e. The van der Waals surface area contributed by atoms with E-state index < -0.39 is 11.8 Å². The summed E-state index contributed by atoms with van der Waals surface area (Å²) < 4.78 is 5.35. The van der Waals surface area contributed by atoms with Crippen LogP contribution >= 0.6 is 11.3 Å². The van der Waals surface area contributed by atoms with Crippen LogP contribution in [0.1, 0.15) is 26.5 Å². The van der Waals surface area contributed by atoms with Crippen LogP contribution < -0.4 is 22.1 Å². The molecular weight excluding hydrogens is 268 g/mol. The van der Waals surface area contributed by atoms with E-state index in [-0.39, 0.29) is 16.1 Å². The van der Waals surface area contributed by atoms with E-state index in [1.54, 1.807) is 0 Å². The van der Waals surface area contributed by atoms with E-state index in [0.29, 0.717) is 24.8 Å². The zero-order chi connectivity index (χ0) is 14.0. The van der Waals surface area contributed by atoms with Gasteiger partial charge in [-0.3, -0.25) is 9.59 Å². The summed E-state index contributed by atoms with van der Waals surface area (Å²) >= 11 is 1.11. The second-order valence-corrected chi connectivity index (χ2v) is 5.21. The Balaban J connectivity index is 2.45. The lowest BCUT2D eigenvalue weighted by Crippen LogP contribution is -2.27. The Morgan fingerprint density at radius 1 is 1.16 bits per heavy atom. The number of nitrogen functional groups attached to an aromatic ring is 1. The number of primary amides is 2. The molecule has 104 valence electrons. The zero-order valence-electron chi connectivity index (χ0n) is 10.3. The first-order chi connectivity index (χ1) is 9.02. The van der Waals surface area contributed by atoms with Gasteiger partial charge in [0.15, 0.2) is 0 Å². The molecule has 0 aliphatic carbocycles. The normalized spacial score (nSPS) is 16.1. The maximum Gasteiger partial charge on any atom is 0.260 e. The van der Waals surface area contributed by atoms with Crippen molar-refractivity contribution in [2.24, 2.45) is 11.5 Å². The van der Waals surface area contributed by atoms with E-state index in [2.05, 4.69) is 0 Å². The molecule has 0 spiro atoms.